The number of nitrogens with zero attached hydrogens (tertiary/aromatic N) is 2. The summed E-state index contributed by atoms with van der Waals surface area (Å²) in [5.74, 6) is -1.19. The Hall–Kier alpha value is -4.40. The summed E-state index contributed by atoms with van der Waals surface area (Å²) in [4.78, 5) is 37.6. The van der Waals surface area contributed by atoms with Gasteiger partial charge in [-0.1, -0.05) is 54.6 Å². The van der Waals surface area contributed by atoms with Gasteiger partial charge in [-0.05, 0) is 28.7 Å². The number of amides is 2. The van der Waals surface area contributed by atoms with Crippen LogP contribution in [0.2, 0.25) is 0 Å². The first-order valence-corrected chi connectivity index (χ1v) is 10.9. The molecular formula is C25H22N4O5. The number of H-pyrrole nitrogens is 1. The van der Waals surface area contributed by atoms with Gasteiger partial charge in [-0.25, -0.2) is 9.59 Å². The van der Waals surface area contributed by atoms with Crippen molar-refractivity contribution in [2.45, 2.75) is 12.3 Å². The zero-order chi connectivity index (χ0) is 23.7. The molecule has 172 valence electrons. The molecule has 2 aromatic carbocycles. The van der Waals surface area contributed by atoms with Crippen molar-refractivity contribution in [3.63, 3.8) is 0 Å². The SMILES string of the molecule is O=C(Nc1cc(C(=O)N2CC=C(C(=O)O)CC2)[nH]n1)OCC1c2ccccc2-c2ccccc21. The van der Waals surface area contributed by atoms with E-state index in [1.165, 1.54) is 17.0 Å². The van der Waals surface area contributed by atoms with Gasteiger partial charge in [0.25, 0.3) is 5.91 Å². The van der Waals surface area contributed by atoms with Crippen LogP contribution in [0.4, 0.5) is 10.6 Å². The van der Waals surface area contributed by atoms with E-state index in [0.29, 0.717) is 12.1 Å². The Bertz CT molecular complexity index is 1270. The van der Waals surface area contributed by atoms with Gasteiger partial charge in [0.2, 0.25) is 0 Å². The molecule has 1 aliphatic carbocycles. The summed E-state index contributed by atoms with van der Waals surface area (Å²) in [6.07, 6.45) is 1.13. The highest BCUT2D eigenvalue weighted by Gasteiger charge is 2.29. The highest BCUT2D eigenvalue weighted by atomic mass is 16.5. The van der Waals surface area contributed by atoms with Crippen LogP contribution in [0.1, 0.15) is 34.0 Å². The number of carbonyl (C=O) groups excluding carboxylic acids is 2. The van der Waals surface area contributed by atoms with Gasteiger partial charge in [0.05, 0.1) is 0 Å². The monoisotopic (exact) mass is 458 g/mol. The molecule has 5 rings (SSSR count). The average Bonchev–Trinajstić information content (AvgIpc) is 3.45. The topological polar surface area (TPSA) is 125 Å². The van der Waals surface area contributed by atoms with Crippen LogP contribution in [-0.4, -0.2) is 57.9 Å². The molecular weight excluding hydrogens is 436 g/mol. The number of aromatic nitrogens is 2. The minimum absolute atomic E-state index is 0.0580. The van der Waals surface area contributed by atoms with E-state index >= 15 is 0 Å². The molecule has 0 saturated heterocycles. The van der Waals surface area contributed by atoms with E-state index in [1.54, 1.807) is 0 Å². The lowest BCUT2D eigenvalue weighted by atomic mass is 9.98. The first-order valence-electron chi connectivity index (χ1n) is 10.9. The number of ether oxygens (including phenoxy) is 1. The fraction of sp³-hybridized carbons (Fsp3) is 0.200. The lowest BCUT2D eigenvalue weighted by Crippen LogP contribution is -2.36. The van der Waals surface area contributed by atoms with E-state index in [0.717, 1.165) is 22.3 Å². The Kier molecular flexibility index (Phi) is 5.59. The second kappa shape index (κ2) is 8.86. The van der Waals surface area contributed by atoms with Crippen molar-refractivity contribution >= 4 is 23.8 Å². The number of carboxylic acids is 1. The number of hydrogen-bond acceptors (Lipinski definition) is 5. The van der Waals surface area contributed by atoms with E-state index in [-0.39, 0.29) is 42.9 Å². The third-order valence-corrected chi connectivity index (χ3v) is 6.15. The maximum absolute atomic E-state index is 12.6. The van der Waals surface area contributed by atoms with Gasteiger partial charge >= 0.3 is 12.1 Å². The maximum Gasteiger partial charge on any atom is 0.412 e. The summed E-state index contributed by atoms with van der Waals surface area (Å²) in [7, 11) is 0. The lowest BCUT2D eigenvalue weighted by molar-refractivity contribution is -0.133. The van der Waals surface area contributed by atoms with Crippen LogP contribution in [0.15, 0.2) is 66.2 Å². The van der Waals surface area contributed by atoms with Crippen LogP contribution in [-0.2, 0) is 9.53 Å². The van der Waals surface area contributed by atoms with Crippen molar-refractivity contribution in [2.24, 2.45) is 0 Å². The molecule has 0 bridgehead atoms. The van der Waals surface area contributed by atoms with E-state index in [9.17, 15) is 14.4 Å². The number of aliphatic carboxylic acids is 1. The number of carboxylic acid groups (broad SMARTS) is 1. The fourth-order valence-corrected chi connectivity index (χ4v) is 4.45. The highest BCUT2D eigenvalue weighted by molar-refractivity contribution is 5.95. The molecule has 2 heterocycles. The minimum atomic E-state index is -0.969. The van der Waals surface area contributed by atoms with Gasteiger partial charge < -0.3 is 14.7 Å². The molecule has 0 unspecified atom stereocenters. The standard InChI is InChI=1S/C25H22N4O5/c30-23(29-11-9-15(10-12-29)24(31)32)21-13-22(28-27-21)26-25(33)34-14-20-18-7-3-1-5-16(18)17-6-2-4-8-19(17)20/h1-9,13,20H,10-12,14H2,(H,31,32)(H2,26,27,28,33). The normalized spacial score (nSPS) is 14.7. The number of hydrogen-bond donors (Lipinski definition) is 3. The zero-order valence-corrected chi connectivity index (χ0v) is 18.2. The first-order chi connectivity index (χ1) is 16.5. The van der Waals surface area contributed by atoms with Gasteiger partial charge in [0, 0.05) is 30.6 Å². The van der Waals surface area contributed by atoms with E-state index in [1.807, 2.05) is 36.4 Å². The minimum Gasteiger partial charge on any atom is -0.478 e. The predicted molar refractivity (Wildman–Crippen MR) is 124 cm³/mol. The molecule has 3 aromatic rings. The summed E-state index contributed by atoms with van der Waals surface area (Å²) in [6, 6.07) is 17.6. The molecule has 0 radical (unpaired) electrons. The summed E-state index contributed by atoms with van der Waals surface area (Å²) in [5, 5.41) is 18.2. The van der Waals surface area contributed by atoms with Gasteiger partial charge in [-0.2, -0.15) is 5.10 Å². The Morgan fingerprint density at radius 1 is 1.09 bits per heavy atom. The van der Waals surface area contributed by atoms with Crippen molar-refractivity contribution in [1.82, 2.24) is 15.1 Å². The van der Waals surface area contributed by atoms with Crippen molar-refractivity contribution in [3.05, 3.63) is 83.1 Å². The van der Waals surface area contributed by atoms with Crippen LogP contribution < -0.4 is 5.32 Å². The molecule has 1 aromatic heterocycles. The van der Waals surface area contributed by atoms with Gasteiger partial charge in [0.1, 0.15) is 12.3 Å². The fourth-order valence-electron chi connectivity index (χ4n) is 4.45. The maximum atomic E-state index is 12.6. The summed E-state index contributed by atoms with van der Waals surface area (Å²) in [6.45, 7) is 0.668. The van der Waals surface area contributed by atoms with Gasteiger partial charge in [0.15, 0.2) is 5.82 Å². The number of anilines is 1. The molecule has 2 aliphatic rings. The first kappa shape index (κ1) is 21.4. The average molecular weight is 458 g/mol. The van der Waals surface area contributed by atoms with Crippen LogP contribution in [0.3, 0.4) is 0 Å². The molecule has 1 aliphatic heterocycles. The number of aromatic amines is 1. The molecule has 0 atom stereocenters. The molecule has 0 fully saturated rings. The second-order valence-corrected chi connectivity index (χ2v) is 8.15. The Morgan fingerprint density at radius 2 is 1.76 bits per heavy atom. The zero-order valence-electron chi connectivity index (χ0n) is 18.2. The molecule has 0 saturated carbocycles. The smallest absolute Gasteiger partial charge is 0.412 e. The van der Waals surface area contributed by atoms with Crippen LogP contribution in [0, 0.1) is 0 Å². The van der Waals surface area contributed by atoms with Crippen LogP contribution >= 0.6 is 0 Å². The van der Waals surface area contributed by atoms with E-state index in [2.05, 4.69) is 27.6 Å². The molecule has 0 spiro atoms. The predicted octanol–water partition coefficient (Wildman–Crippen LogP) is 3.63. The quantitative estimate of drug-likeness (QED) is 0.536. The number of rotatable bonds is 5. The Balaban J connectivity index is 1.20. The van der Waals surface area contributed by atoms with Crippen molar-refractivity contribution < 1.29 is 24.2 Å². The van der Waals surface area contributed by atoms with E-state index in [4.69, 9.17) is 9.84 Å². The Morgan fingerprint density at radius 3 is 2.38 bits per heavy atom. The third-order valence-electron chi connectivity index (χ3n) is 6.15. The number of carbonyl (C=O) groups is 3. The van der Waals surface area contributed by atoms with Crippen LogP contribution in [0.5, 0.6) is 0 Å². The largest absolute Gasteiger partial charge is 0.478 e. The summed E-state index contributed by atoms with van der Waals surface area (Å²) < 4.78 is 5.50. The van der Waals surface area contributed by atoms with E-state index < -0.39 is 12.1 Å². The highest BCUT2D eigenvalue weighted by Crippen LogP contribution is 2.44. The van der Waals surface area contributed by atoms with Gasteiger partial charge in [-0.3, -0.25) is 15.2 Å². The van der Waals surface area contributed by atoms with Gasteiger partial charge in [-0.15, -0.1) is 0 Å². The number of fused-ring (bicyclic) bond motifs is 3. The molecule has 9 heteroatoms. The lowest BCUT2D eigenvalue weighted by Gasteiger charge is -2.24. The number of nitrogens with one attached hydrogen (secondary N) is 2. The summed E-state index contributed by atoms with van der Waals surface area (Å²) >= 11 is 0. The Labute approximate surface area is 195 Å². The van der Waals surface area contributed by atoms with Crippen molar-refractivity contribution in [2.75, 3.05) is 25.0 Å². The second-order valence-electron chi connectivity index (χ2n) is 8.15. The molecule has 2 amide bonds. The summed E-state index contributed by atoms with van der Waals surface area (Å²) in [5.41, 5.74) is 5.01. The van der Waals surface area contributed by atoms with Crippen molar-refractivity contribution in [3.8, 4) is 11.1 Å². The molecule has 9 nitrogen and oxygen atoms in total. The van der Waals surface area contributed by atoms with Crippen molar-refractivity contribution in [1.29, 1.82) is 0 Å². The van der Waals surface area contributed by atoms with Crippen LogP contribution in [0.25, 0.3) is 11.1 Å². The molecule has 34 heavy (non-hydrogen) atoms. The molecule has 3 N–H and O–H groups in total. The third kappa shape index (κ3) is 4.03. The number of benzene rings is 2.